The molecule has 1 fully saturated rings. The van der Waals surface area contributed by atoms with E-state index in [4.69, 9.17) is 0 Å². The number of carbonyl (C=O) groups excluding carboxylic acids is 2. The van der Waals surface area contributed by atoms with Crippen LogP contribution in [0.5, 0.6) is 0 Å². The highest BCUT2D eigenvalue weighted by atomic mass is 16.3. The molecule has 1 aromatic rings. The zero-order chi connectivity index (χ0) is 16.2. The van der Waals surface area contributed by atoms with Crippen molar-refractivity contribution in [3.8, 4) is 0 Å². The summed E-state index contributed by atoms with van der Waals surface area (Å²) in [5, 5.41) is 15.8. The van der Waals surface area contributed by atoms with Crippen molar-refractivity contribution in [3.05, 3.63) is 29.8 Å². The monoisotopic (exact) mass is 304 g/mol. The Morgan fingerprint density at radius 3 is 2.55 bits per heavy atom. The molecule has 22 heavy (non-hydrogen) atoms. The first-order valence-corrected chi connectivity index (χ1v) is 7.89. The lowest BCUT2D eigenvalue weighted by Gasteiger charge is -2.25. The van der Waals surface area contributed by atoms with E-state index in [1.807, 2.05) is 13.8 Å². The molecule has 2 amide bonds. The minimum Gasteiger partial charge on any atom is -0.388 e. The van der Waals surface area contributed by atoms with Crippen LogP contribution in [0, 0.1) is 5.92 Å². The van der Waals surface area contributed by atoms with Crippen LogP contribution in [-0.4, -0.2) is 29.1 Å². The minimum atomic E-state index is -0.868. The highest BCUT2D eigenvalue weighted by Crippen LogP contribution is 2.30. The Kier molecular flexibility index (Phi) is 5.19. The van der Waals surface area contributed by atoms with Gasteiger partial charge in [-0.15, -0.1) is 0 Å². The quantitative estimate of drug-likeness (QED) is 0.723. The van der Waals surface area contributed by atoms with Gasteiger partial charge in [0.1, 0.15) is 0 Å². The predicted octanol–water partition coefficient (Wildman–Crippen LogP) is 2.32. The van der Waals surface area contributed by atoms with Gasteiger partial charge in [-0.2, -0.15) is 0 Å². The Labute approximate surface area is 131 Å². The molecule has 0 bridgehead atoms. The Morgan fingerprint density at radius 2 is 1.95 bits per heavy atom. The number of nitrogens with one attached hydrogen (secondary N) is 2. The van der Waals surface area contributed by atoms with Crippen molar-refractivity contribution in [2.75, 3.05) is 11.9 Å². The van der Waals surface area contributed by atoms with E-state index in [1.54, 1.807) is 24.3 Å². The van der Waals surface area contributed by atoms with Crippen LogP contribution in [0.2, 0.25) is 0 Å². The van der Waals surface area contributed by atoms with Crippen LogP contribution in [0.15, 0.2) is 24.3 Å². The lowest BCUT2D eigenvalue weighted by molar-refractivity contribution is -0.117. The van der Waals surface area contributed by atoms with E-state index in [2.05, 4.69) is 10.6 Å². The Morgan fingerprint density at radius 1 is 1.27 bits per heavy atom. The average molecular weight is 304 g/mol. The number of benzene rings is 1. The molecule has 2 rings (SSSR count). The van der Waals surface area contributed by atoms with E-state index in [9.17, 15) is 14.7 Å². The highest BCUT2D eigenvalue weighted by molar-refractivity contribution is 5.98. The van der Waals surface area contributed by atoms with Gasteiger partial charge in [0.05, 0.1) is 5.60 Å². The highest BCUT2D eigenvalue weighted by Gasteiger charge is 2.29. The molecule has 120 valence electrons. The van der Waals surface area contributed by atoms with Crippen molar-refractivity contribution in [1.29, 1.82) is 0 Å². The first-order chi connectivity index (χ1) is 10.5. The lowest BCUT2D eigenvalue weighted by atomic mass is 9.97. The summed E-state index contributed by atoms with van der Waals surface area (Å²) in [6.45, 7) is 4.00. The number of rotatable bonds is 7. The van der Waals surface area contributed by atoms with Crippen LogP contribution in [-0.2, 0) is 4.79 Å². The van der Waals surface area contributed by atoms with Gasteiger partial charge in [0.15, 0.2) is 0 Å². The van der Waals surface area contributed by atoms with E-state index in [-0.39, 0.29) is 24.3 Å². The molecule has 1 aliphatic carbocycles. The summed E-state index contributed by atoms with van der Waals surface area (Å²) in [5.74, 6) is -0.103. The van der Waals surface area contributed by atoms with Gasteiger partial charge in [0, 0.05) is 23.7 Å². The van der Waals surface area contributed by atoms with Crippen LogP contribution < -0.4 is 10.6 Å². The fourth-order valence-electron chi connectivity index (χ4n) is 2.17. The van der Waals surface area contributed by atoms with Crippen LogP contribution in [0.3, 0.4) is 0 Å². The van der Waals surface area contributed by atoms with Gasteiger partial charge in [-0.3, -0.25) is 9.59 Å². The van der Waals surface area contributed by atoms with E-state index < -0.39 is 5.60 Å². The second-order valence-electron chi connectivity index (χ2n) is 5.96. The largest absolute Gasteiger partial charge is 0.388 e. The molecule has 0 aliphatic heterocycles. The van der Waals surface area contributed by atoms with Gasteiger partial charge < -0.3 is 15.7 Å². The summed E-state index contributed by atoms with van der Waals surface area (Å²) in [4.78, 5) is 23.9. The summed E-state index contributed by atoms with van der Waals surface area (Å²) >= 11 is 0. The number of amides is 2. The molecule has 1 aromatic carbocycles. The Hall–Kier alpha value is -1.88. The van der Waals surface area contributed by atoms with Crippen molar-refractivity contribution < 1.29 is 14.7 Å². The van der Waals surface area contributed by atoms with Crippen molar-refractivity contribution in [1.82, 2.24) is 5.32 Å². The number of anilines is 1. The number of aliphatic hydroxyl groups is 1. The summed E-state index contributed by atoms with van der Waals surface area (Å²) in [6.07, 6.45) is 3.06. The smallest absolute Gasteiger partial charge is 0.251 e. The van der Waals surface area contributed by atoms with Crippen LogP contribution >= 0.6 is 0 Å². The second-order valence-corrected chi connectivity index (χ2v) is 5.96. The minimum absolute atomic E-state index is 0.0175. The maximum atomic E-state index is 12.2. The number of hydrogen-bond acceptors (Lipinski definition) is 3. The second kappa shape index (κ2) is 6.92. The molecule has 0 atom stereocenters. The summed E-state index contributed by atoms with van der Waals surface area (Å²) in [5.41, 5.74) is 0.238. The summed E-state index contributed by atoms with van der Waals surface area (Å²) in [7, 11) is 0. The molecular formula is C17H24N2O3. The van der Waals surface area contributed by atoms with E-state index in [0.29, 0.717) is 24.1 Å². The average Bonchev–Trinajstić information content (AvgIpc) is 3.37. The molecule has 0 unspecified atom stereocenters. The first-order valence-electron chi connectivity index (χ1n) is 7.89. The van der Waals surface area contributed by atoms with Crippen LogP contribution in [0.1, 0.15) is 49.9 Å². The SMILES string of the molecule is CCC(O)(CC)CNC(=O)c1cccc(NC(=O)C2CC2)c1. The third-order valence-corrected chi connectivity index (χ3v) is 4.23. The van der Waals surface area contributed by atoms with Gasteiger partial charge in [-0.1, -0.05) is 19.9 Å². The third-order valence-electron chi connectivity index (χ3n) is 4.23. The summed E-state index contributed by atoms with van der Waals surface area (Å²) in [6, 6.07) is 6.86. The lowest BCUT2D eigenvalue weighted by Crippen LogP contribution is -2.42. The first kappa shape index (κ1) is 16.5. The molecule has 0 spiro atoms. The van der Waals surface area contributed by atoms with Crippen molar-refractivity contribution in [2.45, 2.75) is 45.1 Å². The zero-order valence-corrected chi connectivity index (χ0v) is 13.2. The Bertz CT molecular complexity index is 549. The topological polar surface area (TPSA) is 78.4 Å². The molecule has 1 saturated carbocycles. The maximum absolute atomic E-state index is 12.2. The molecule has 1 aliphatic rings. The predicted molar refractivity (Wildman–Crippen MR) is 85.7 cm³/mol. The summed E-state index contributed by atoms with van der Waals surface area (Å²) < 4.78 is 0. The van der Waals surface area contributed by atoms with Crippen LogP contribution in [0.4, 0.5) is 5.69 Å². The molecule has 0 radical (unpaired) electrons. The maximum Gasteiger partial charge on any atom is 0.251 e. The van der Waals surface area contributed by atoms with E-state index in [0.717, 1.165) is 12.8 Å². The Balaban J connectivity index is 1.96. The molecule has 0 aromatic heterocycles. The molecule has 5 nitrogen and oxygen atoms in total. The fourth-order valence-corrected chi connectivity index (χ4v) is 2.17. The molecule has 3 N–H and O–H groups in total. The number of carbonyl (C=O) groups is 2. The standard InChI is InChI=1S/C17H24N2O3/c1-3-17(22,4-2)11-18-15(20)13-6-5-7-14(10-13)19-16(21)12-8-9-12/h5-7,10,12,22H,3-4,8-9,11H2,1-2H3,(H,18,20)(H,19,21). The molecule has 0 saturated heterocycles. The van der Waals surface area contributed by atoms with Gasteiger partial charge in [-0.25, -0.2) is 0 Å². The van der Waals surface area contributed by atoms with Crippen molar-refractivity contribution in [2.24, 2.45) is 5.92 Å². The number of hydrogen-bond donors (Lipinski definition) is 3. The molecular weight excluding hydrogens is 280 g/mol. The normalized spacial score (nSPS) is 14.5. The van der Waals surface area contributed by atoms with Gasteiger partial charge >= 0.3 is 0 Å². The van der Waals surface area contributed by atoms with Crippen molar-refractivity contribution >= 4 is 17.5 Å². The van der Waals surface area contributed by atoms with Crippen LogP contribution in [0.25, 0.3) is 0 Å². The fraction of sp³-hybridized carbons (Fsp3) is 0.529. The van der Waals surface area contributed by atoms with Crippen molar-refractivity contribution in [3.63, 3.8) is 0 Å². The van der Waals surface area contributed by atoms with E-state index >= 15 is 0 Å². The van der Waals surface area contributed by atoms with Gasteiger partial charge in [0.2, 0.25) is 5.91 Å². The van der Waals surface area contributed by atoms with Gasteiger partial charge in [-0.05, 0) is 43.9 Å². The third kappa shape index (κ3) is 4.31. The zero-order valence-electron chi connectivity index (χ0n) is 13.2. The molecule has 5 heteroatoms. The van der Waals surface area contributed by atoms with Gasteiger partial charge in [0.25, 0.3) is 5.91 Å². The van der Waals surface area contributed by atoms with E-state index in [1.165, 1.54) is 0 Å². The molecule has 0 heterocycles.